The molecule has 0 saturated carbocycles. The number of para-hydroxylation sites is 1. The summed E-state index contributed by atoms with van der Waals surface area (Å²) in [6.07, 6.45) is 2.57. The van der Waals surface area contributed by atoms with Crippen molar-refractivity contribution in [3.8, 4) is 5.75 Å². The molecule has 1 aromatic rings. The number of hydrogen-bond donors (Lipinski definition) is 1. The van der Waals surface area contributed by atoms with Crippen molar-refractivity contribution in [2.24, 2.45) is 11.7 Å². The van der Waals surface area contributed by atoms with E-state index in [1.807, 2.05) is 13.0 Å². The smallest absolute Gasteiger partial charge is 0.122 e. The summed E-state index contributed by atoms with van der Waals surface area (Å²) in [6.45, 7) is 3.47. The Morgan fingerprint density at radius 2 is 2.06 bits per heavy atom. The molecule has 1 aliphatic rings. The summed E-state index contributed by atoms with van der Waals surface area (Å²) in [5, 5.41) is 0. The first-order valence-electron chi connectivity index (χ1n) is 6.86. The van der Waals surface area contributed by atoms with E-state index in [1.165, 1.54) is 29.9 Å². The first-order chi connectivity index (χ1) is 8.86. The van der Waals surface area contributed by atoms with Crippen molar-refractivity contribution < 1.29 is 4.74 Å². The predicted octanol–water partition coefficient (Wildman–Crippen LogP) is 3.27. The van der Waals surface area contributed by atoms with E-state index < -0.39 is 0 Å². The second-order valence-electron chi connectivity index (χ2n) is 4.76. The first kappa shape index (κ1) is 13.8. The molecular formula is C15H23NOS. The summed E-state index contributed by atoms with van der Waals surface area (Å²) in [7, 11) is 0. The number of benzene rings is 1. The van der Waals surface area contributed by atoms with Gasteiger partial charge in [-0.25, -0.2) is 0 Å². The van der Waals surface area contributed by atoms with E-state index in [0.717, 1.165) is 24.8 Å². The van der Waals surface area contributed by atoms with Crippen LogP contribution < -0.4 is 10.5 Å². The number of hydrogen-bond acceptors (Lipinski definition) is 3. The van der Waals surface area contributed by atoms with Crippen LogP contribution in [0.1, 0.15) is 31.2 Å². The SMILES string of the molecule is CCOc1ccccc1C(CN)C1CCSCC1. The molecule has 1 aliphatic heterocycles. The maximum absolute atomic E-state index is 6.04. The molecule has 2 N–H and O–H groups in total. The summed E-state index contributed by atoms with van der Waals surface area (Å²) in [5.41, 5.74) is 7.34. The van der Waals surface area contributed by atoms with Crippen LogP contribution in [0.2, 0.25) is 0 Å². The molecular weight excluding hydrogens is 242 g/mol. The summed E-state index contributed by atoms with van der Waals surface area (Å²) in [5.74, 6) is 4.75. The monoisotopic (exact) mass is 265 g/mol. The molecule has 0 bridgehead atoms. The Hall–Kier alpha value is -0.670. The lowest BCUT2D eigenvalue weighted by atomic mass is 9.82. The van der Waals surface area contributed by atoms with Gasteiger partial charge < -0.3 is 10.5 Å². The molecule has 0 radical (unpaired) electrons. The second-order valence-corrected chi connectivity index (χ2v) is 5.99. The van der Waals surface area contributed by atoms with Crippen LogP contribution in [0.25, 0.3) is 0 Å². The highest BCUT2D eigenvalue weighted by molar-refractivity contribution is 7.99. The quantitative estimate of drug-likeness (QED) is 0.887. The fourth-order valence-corrected chi connectivity index (χ4v) is 3.91. The van der Waals surface area contributed by atoms with Gasteiger partial charge in [-0.15, -0.1) is 0 Å². The minimum absolute atomic E-state index is 0.452. The molecule has 2 rings (SSSR count). The van der Waals surface area contributed by atoms with Crippen LogP contribution in [0.15, 0.2) is 24.3 Å². The van der Waals surface area contributed by atoms with Crippen LogP contribution in [0.4, 0.5) is 0 Å². The third kappa shape index (κ3) is 3.21. The minimum atomic E-state index is 0.452. The third-order valence-corrected chi connectivity index (χ3v) is 4.76. The van der Waals surface area contributed by atoms with E-state index in [4.69, 9.17) is 10.5 Å². The second kappa shape index (κ2) is 7.05. The average Bonchev–Trinajstić information content (AvgIpc) is 2.43. The van der Waals surface area contributed by atoms with Gasteiger partial charge in [-0.05, 0) is 55.4 Å². The highest BCUT2D eigenvalue weighted by Gasteiger charge is 2.26. The molecule has 1 unspecified atom stereocenters. The number of thioether (sulfide) groups is 1. The molecule has 1 atom stereocenters. The maximum Gasteiger partial charge on any atom is 0.122 e. The Kier molecular flexibility index (Phi) is 5.39. The highest BCUT2D eigenvalue weighted by atomic mass is 32.2. The summed E-state index contributed by atoms with van der Waals surface area (Å²) < 4.78 is 5.75. The highest BCUT2D eigenvalue weighted by Crippen LogP contribution is 2.38. The van der Waals surface area contributed by atoms with Gasteiger partial charge in [0.25, 0.3) is 0 Å². The zero-order valence-electron chi connectivity index (χ0n) is 11.1. The Balaban J connectivity index is 2.20. The molecule has 100 valence electrons. The topological polar surface area (TPSA) is 35.2 Å². The number of ether oxygens (including phenoxy) is 1. The van der Waals surface area contributed by atoms with Gasteiger partial charge in [0.1, 0.15) is 5.75 Å². The van der Waals surface area contributed by atoms with E-state index >= 15 is 0 Å². The Morgan fingerprint density at radius 3 is 2.72 bits per heavy atom. The molecule has 1 fully saturated rings. The molecule has 1 heterocycles. The number of rotatable bonds is 5. The van der Waals surface area contributed by atoms with Gasteiger partial charge in [0, 0.05) is 5.92 Å². The Morgan fingerprint density at radius 1 is 1.33 bits per heavy atom. The Bertz CT molecular complexity index is 363. The largest absolute Gasteiger partial charge is 0.494 e. The molecule has 18 heavy (non-hydrogen) atoms. The van der Waals surface area contributed by atoms with Crippen molar-refractivity contribution in [1.82, 2.24) is 0 Å². The molecule has 0 aliphatic carbocycles. The lowest BCUT2D eigenvalue weighted by Gasteiger charge is -2.30. The van der Waals surface area contributed by atoms with Crippen molar-refractivity contribution in [2.45, 2.75) is 25.7 Å². The van der Waals surface area contributed by atoms with Crippen molar-refractivity contribution in [3.05, 3.63) is 29.8 Å². The average molecular weight is 265 g/mol. The Labute approximate surface area is 114 Å². The normalized spacial score (nSPS) is 18.6. The fourth-order valence-electron chi connectivity index (χ4n) is 2.77. The van der Waals surface area contributed by atoms with Crippen LogP contribution in [0.5, 0.6) is 5.75 Å². The van der Waals surface area contributed by atoms with E-state index in [0.29, 0.717) is 5.92 Å². The minimum Gasteiger partial charge on any atom is -0.494 e. The van der Waals surface area contributed by atoms with Crippen LogP contribution in [0, 0.1) is 5.92 Å². The first-order valence-corrected chi connectivity index (χ1v) is 8.01. The van der Waals surface area contributed by atoms with Crippen molar-refractivity contribution >= 4 is 11.8 Å². The van der Waals surface area contributed by atoms with Crippen LogP contribution in [-0.4, -0.2) is 24.7 Å². The lowest BCUT2D eigenvalue weighted by Crippen LogP contribution is -2.25. The van der Waals surface area contributed by atoms with Gasteiger partial charge in [0.2, 0.25) is 0 Å². The van der Waals surface area contributed by atoms with Gasteiger partial charge in [-0.2, -0.15) is 11.8 Å². The van der Waals surface area contributed by atoms with Gasteiger partial charge in [0.05, 0.1) is 6.61 Å². The van der Waals surface area contributed by atoms with Gasteiger partial charge in [-0.1, -0.05) is 18.2 Å². The predicted molar refractivity (Wildman–Crippen MR) is 79.5 cm³/mol. The lowest BCUT2D eigenvalue weighted by molar-refractivity contribution is 0.323. The van der Waals surface area contributed by atoms with Gasteiger partial charge >= 0.3 is 0 Å². The van der Waals surface area contributed by atoms with Crippen LogP contribution >= 0.6 is 11.8 Å². The van der Waals surface area contributed by atoms with Gasteiger partial charge in [0.15, 0.2) is 0 Å². The van der Waals surface area contributed by atoms with Crippen LogP contribution in [0.3, 0.4) is 0 Å². The van der Waals surface area contributed by atoms with Crippen molar-refractivity contribution in [2.75, 3.05) is 24.7 Å². The van der Waals surface area contributed by atoms with Crippen LogP contribution in [-0.2, 0) is 0 Å². The molecule has 3 heteroatoms. The molecule has 0 aromatic heterocycles. The summed E-state index contributed by atoms with van der Waals surface area (Å²) in [4.78, 5) is 0. The summed E-state index contributed by atoms with van der Waals surface area (Å²) in [6, 6.07) is 8.39. The van der Waals surface area contributed by atoms with E-state index in [9.17, 15) is 0 Å². The van der Waals surface area contributed by atoms with E-state index in [2.05, 4.69) is 30.0 Å². The molecule has 0 spiro atoms. The van der Waals surface area contributed by atoms with Crippen molar-refractivity contribution in [1.29, 1.82) is 0 Å². The number of nitrogens with two attached hydrogens (primary N) is 1. The third-order valence-electron chi connectivity index (χ3n) is 3.71. The zero-order valence-corrected chi connectivity index (χ0v) is 11.9. The molecule has 1 aromatic carbocycles. The molecule has 2 nitrogen and oxygen atoms in total. The summed E-state index contributed by atoms with van der Waals surface area (Å²) >= 11 is 2.06. The maximum atomic E-state index is 6.04. The van der Waals surface area contributed by atoms with Gasteiger partial charge in [-0.3, -0.25) is 0 Å². The molecule has 1 saturated heterocycles. The zero-order chi connectivity index (χ0) is 12.8. The molecule has 0 amide bonds. The van der Waals surface area contributed by atoms with E-state index in [1.54, 1.807) is 0 Å². The van der Waals surface area contributed by atoms with Crippen molar-refractivity contribution in [3.63, 3.8) is 0 Å². The van der Waals surface area contributed by atoms with E-state index in [-0.39, 0.29) is 0 Å². The fraction of sp³-hybridized carbons (Fsp3) is 0.600. The standard InChI is InChI=1S/C15H23NOS/c1-2-17-15-6-4-3-5-13(15)14(11-16)12-7-9-18-10-8-12/h3-6,12,14H,2,7-11,16H2,1H3.